The molecule has 0 fully saturated rings. The van der Waals surface area contributed by atoms with Gasteiger partial charge in [0.25, 0.3) is 0 Å². The fourth-order valence-electron chi connectivity index (χ4n) is 14.7. The van der Waals surface area contributed by atoms with Gasteiger partial charge in [-0.3, -0.25) is 0 Å². The lowest BCUT2D eigenvalue weighted by Gasteiger charge is -2.17. The normalized spacial score (nSPS) is 11.8. The van der Waals surface area contributed by atoms with E-state index < -0.39 is 0 Å². The van der Waals surface area contributed by atoms with Crippen molar-refractivity contribution in [2.24, 2.45) is 0 Å². The van der Waals surface area contributed by atoms with Crippen molar-refractivity contribution in [3.05, 3.63) is 334 Å². The minimum Gasteiger partial charge on any atom is -0.309 e. The molecule has 0 amide bonds. The van der Waals surface area contributed by atoms with Crippen LogP contribution in [0.25, 0.3) is 178 Å². The van der Waals surface area contributed by atoms with E-state index in [0.717, 1.165) is 89.3 Å². The first-order valence-corrected chi connectivity index (χ1v) is 32.0. The zero-order valence-corrected chi connectivity index (χ0v) is 50.9. The maximum Gasteiger partial charge on any atom is 0.164 e. The predicted molar refractivity (Wildman–Crippen MR) is 390 cm³/mol. The maximum absolute atomic E-state index is 5.25. The molecule has 0 aliphatic rings. The molecule has 5 heterocycles. The molecule has 7 nitrogen and oxygen atoms in total. The zero-order valence-electron chi connectivity index (χ0n) is 50.9. The first kappa shape index (κ1) is 53.2. The highest BCUT2D eigenvalue weighted by Crippen LogP contribution is 2.43. The topological polar surface area (TPSA) is 58.4 Å². The smallest absolute Gasteiger partial charge is 0.164 e. The van der Waals surface area contributed by atoms with Crippen LogP contribution in [0.2, 0.25) is 0 Å². The fraction of sp³-hybridized carbons (Fsp3) is 0. The SMILES string of the molecule is c1ccc(-c2nc(-c3ccc(-c4ccc(-c5ccc(-n6c7ccccc7c7cc(-c8ccc9c(c8)c8ccccc8n9-c8ccccc8)ccc76)cc5)c(-n5c6ccccc6c6ccccc65)c4)cc3)nc(-c3cccc(-n4c5ccccc5c5ccccc54)c3)n2)cc1. The number of fused-ring (bicyclic) bond motifs is 12. The van der Waals surface area contributed by atoms with Crippen LogP contribution in [0.5, 0.6) is 0 Å². The van der Waals surface area contributed by atoms with Crippen molar-refractivity contribution < 1.29 is 0 Å². The Morgan fingerprint density at radius 1 is 0.170 bits per heavy atom. The van der Waals surface area contributed by atoms with Crippen LogP contribution in [-0.2, 0) is 0 Å². The Bertz CT molecular complexity index is 6100. The standard InChI is InChI=1S/C87H55N7/c1-3-20-58(21-4-1)85-88-86(90-87(89-85)63-22-19-25-66(52-63)93-76-32-13-7-26-68(76)69-27-8-14-33-77(69)93)59-40-38-56(39-41-59)62-44-49-67(84(55-62)94-80-36-17-9-28-70(80)71-29-10-18-37-81(71)94)57-42-47-65(48-43-57)92-79-35-16-12-31-73(79)75-54-61(46-51-83(75)92)60-45-50-82-74(53-60)72-30-11-15-34-78(72)91(82)64-23-5-2-6-24-64/h1-55H. The highest BCUT2D eigenvalue weighted by molar-refractivity contribution is 6.14. The molecule has 0 aliphatic heterocycles. The Kier molecular flexibility index (Phi) is 12.1. The molecule has 0 saturated carbocycles. The molecule has 0 unspecified atom stereocenters. The van der Waals surface area contributed by atoms with E-state index in [1.54, 1.807) is 0 Å². The molecule has 0 aliphatic carbocycles. The van der Waals surface area contributed by atoms with Crippen molar-refractivity contribution in [1.29, 1.82) is 0 Å². The van der Waals surface area contributed by atoms with E-state index in [1.807, 2.05) is 18.2 Å². The van der Waals surface area contributed by atoms with Crippen molar-refractivity contribution >= 4 is 87.2 Å². The van der Waals surface area contributed by atoms with Crippen LogP contribution >= 0.6 is 0 Å². The molecule has 0 radical (unpaired) electrons. The number of para-hydroxylation sites is 7. The average Bonchev–Trinajstić information content (AvgIpc) is 1.59. The molecular formula is C87H55N7. The van der Waals surface area contributed by atoms with E-state index in [0.29, 0.717) is 17.5 Å². The van der Waals surface area contributed by atoms with Gasteiger partial charge in [-0.2, -0.15) is 0 Å². The van der Waals surface area contributed by atoms with Gasteiger partial charge in [-0.05, 0) is 131 Å². The maximum atomic E-state index is 5.25. The van der Waals surface area contributed by atoms with Crippen LogP contribution in [0.4, 0.5) is 0 Å². The molecule has 19 rings (SSSR count). The van der Waals surface area contributed by atoms with Gasteiger partial charge in [0, 0.05) is 82.4 Å². The molecule has 0 N–H and O–H groups in total. The lowest BCUT2D eigenvalue weighted by molar-refractivity contribution is 1.07. The van der Waals surface area contributed by atoms with Gasteiger partial charge in [-0.15, -0.1) is 0 Å². The van der Waals surface area contributed by atoms with Gasteiger partial charge >= 0.3 is 0 Å². The minimum atomic E-state index is 0.603. The minimum absolute atomic E-state index is 0.603. The van der Waals surface area contributed by atoms with Crippen LogP contribution in [0.3, 0.4) is 0 Å². The van der Waals surface area contributed by atoms with Crippen LogP contribution < -0.4 is 0 Å². The molecule has 7 heteroatoms. The molecule has 438 valence electrons. The summed E-state index contributed by atoms with van der Waals surface area (Å²) in [5.41, 5.74) is 23.2. The first-order valence-electron chi connectivity index (χ1n) is 32.0. The summed E-state index contributed by atoms with van der Waals surface area (Å²) >= 11 is 0. The van der Waals surface area contributed by atoms with E-state index in [2.05, 4.69) is 334 Å². The van der Waals surface area contributed by atoms with E-state index in [1.165, 1.54) is 70.8 Å². The summed E-state index contributed by atoms with van der Waals surface area (Å²) in [6.45, 7) is 0. The molecular weight excluding hydrogens is 1140 g/mol. The Morgan fingerprint density at radius 2 is 0.489 bits per heavy atom. The molecule has 0 atom stereocenters. The second-order valence-corrected chi connectivity index (χ2v) is 24.3. The number of nitrogens with zero attached hydrogens (tertiary/aromatic N) is 7. The third-order valence-corrected chi connectivity index (χ3v) is 19.0. The van der Waals surface area contributed by atoms with Crippen LogP contribution in [0, 0.1) is 0 Å². The van der Waals surface area contributed by atoms with E-state index in [9.17, 15) is 0 Å². The highest BCUT2D eigenvalue weighted by Gasteiger charge is 2.22. The quantitative estimate of drug-likeness (QED) is 0.137. The summed E-state index contributed by atoms with van der Waals surface area (Å²) in [5, 5.41) is 9.77. The van der Waals surface area contributed by atoms with Crippen molar-refractivity contribution in [3.63, 3.8) is 0 Å². The zero-order chi connectivity index (χ0) is 61.8. The number of hydrogen-bond donors (Lipinski definition) is 0. The fourth-order valence-corrected chi connectivity index (χ4v) is 14.7. The van der Waals surface area contributed by atoms with Crippen molar-refractivity contribution in [3.8, 4) is 90.3 Å². The third kappa shape index (κ3) is 8.56. The predicted octanol–water partition coefficient (Wildman–Crippen LogP) is 22.3. The largest absolute Gasteiger partial charge is 0.309 e. The van der Waals surface area contributed by atoms with Gasteiger partial charge in [0.15, 0.2) is 17.5 Å². The summed E-state index contributed by atoms with van der Waals surface area (Å²) in [6.07, 6.45) is 0. The van der Waals surface area contributed by atoms with Crippen molar-refractivity contribution in [1.82, 2.24) is 33.2 Å². The monoisotopic (exact) mass is 1200 g/mol. The molecule has 19 aromatic rings. The Hall–Kier alpha value is -12.7. The summed E-state index contributed by atoms with van der Waals surface area (Å²) in [6, 6.07) is 120. The summed E-state index contributed by atoms with van der Waals surface area (Å²) in [4.78, 5) is 15.6. The lowest BCUT2D eigenvalue weighted by atomic mass is 9.97. The summed E-state index contributed by atoms with van der Waals surface area (Å²) in [5.74, 6) is 1.82. The summed E-state index contributed by atoms with van der Waals surface area (Å²) in [7, 11) is 0. The number of rotatable bonds is 10. The van der Waals surface area contributed by atoms with E-state index in [4.69, 9.17) is 15.0 Å². The van der Waals surface area contributed by atoms with Crippen molar-refractivity contribution in [2.75, 3.05) is 0 Å². The molecule has 0 bridgehead atoms. The highest BCUT2D eigenvalue weighted by atomic mass is 15.0. The van der Waals surface area contributed by atoms with Crippen LogP contribution in [0.1, 0.15) is 0 Å². The number of hydrogen-bond acceptors (Lipinski definition) is 3. The van der Waals surface area contributed by atoms with E-state index in [-0.39, 0.29) is 0 Å². The van der Waals surface area contributed by atoms with Gasteiger partial charge < -0.3 is 18.3 Å². The first-order chi connectivity index (χ1) is 46.6. The Labute approximate surface area is 541 Å². The van der Waals surface area contributed by atoms with Gasteiger partial charge in [-0.25, -0.2) is 15.0 Å². The summed E-state index contributed by atoms with van der Waals surface area (Å²) < 4.78 is 9.57. The second-order valence-electron chi connectivity index (χ2n) is 24.3. The lowest BCUT2D eigenvalue weighted by Crippen LogP contribution is -2.01. The van der Waals surface area contributed by atoms with Gasteiger partial charge in [0.1, 0.15) is 0 Å². The van der Waals surface area contributed by atoms with Crippen LogP contribution in [-0.4, -0.2) is 33.2 Å². The molecule has 14 aromatic carbocycles. The van der Waals surface area contributed by atoms with Gasteiger partial charge in [-0.1, -0.05) is 231 Å². The Morgan fingerprint density at radius 3 is 0.989 bits per heavy atom. The Balaban J connectivity index is 0.695. The third-order valence-electron chi connectivity index (χ3n) is 19.0. The number of benzene rings is 14. The van der Waals surface area contributed by atoms with Crippen molar-refractivity contribution in [2.45, 2.75) is 0 Å². The second kappa shape index (κ2) is 21.5. The molecule has 94 heavy (non-hydrogen) atoms. The van der Waals surface area contributed by atoms with Crippen LogP contribution in [0.15, 0.2) is 334 Å². The molecule has 0 spiro atoms. The van der Waals surface area contributed by atoms with Gasteiger partial charge in [0.2, 0.25) is 0 Å². The molecule has 0 saturated heterocycles. The average molecular weight is 1200 g/mol. The number of aromatic nitrogens is 7. The molecule has 5 aromatic heterocycles. The van der Waals surface area contributed by atoms with E-state index >= 15 is 0 Å². The van der Waals surface area contributed by atoms with Gasteiger partial charge in [0.05, 0.1) is 49.8 Å².